The molecule has 1 aliphatic rings. The van der Waals surface area contributed by atoms with Gasteiger partial charge in [-0.15, -0.1) is 10.2 Å². The summed E-state index contributed by atoms with van der Waals surface area (Å²) in [7, 11) is 3.57. The number of carbonyl (C=O) groups excluding carboxylic acids is 1. The van der Waals surface area contributed by atoms with Gasteiger partial charge in [0.25, 0.3) is 0 Å². The number of hydrogen-bond donors (Lipinski definition) is 0. The average Bonchev–Trinajstić information content (AvgIpc) is 3.32. The highest BCUT2D eigenvalue weighted by atomic mass is 32.1. The Morgan fingerprint density at radius 2 is 2.00 bits per heavy atom. The smallest absolute Gasteiger partial charge is 0.226 e. The van der Waals surface area contributed by atoms with Crippen molar-refractivity contribution in [3.63, 3.8) is 0 Å². The van der Waals surface area contributed by atoms with Crippen molar-refractivity contribution in [1.29, 1.82) is 0 Å². The van der Waals surface area contributed by atoms with E-state index < -0.39 is 5.82 Å². The lowest BCUT2D eigenvalue weighted by atomic mass is 9.95. The van der Waals surface area contributed by atoms with Crippen molar-refractivity contribution < 1.29 is 9.18 Å². The number of amides is 1. The van der Waals surface area contributed by atoms with Crippen molar-refractivity contribution in [3.8, 4) is 11.4 Å². The van der Waals surface area contributed by atoms with Gasteiger partial charge >= 0.3 is 0 Å². The fraction of sp³-hybridized carbons (Fsp3) is 0.500. The van der Waals surface area contributed by atoms with Crippen LogP contribution in [0.15, 0.2) is 12.4 Å². The highest BCUT2D eigenvalue weighted by molar-refractivity contribution is 7.11. The van der Waals surface area contributed by atoms with Crippen LogP contribution in [0.25, 0.3) is 11.4 Å². The van der Waals surface area contributed by atoms with Crippen molar-refractivity contribution in [2.24, 2.45) is 13.0 Å². The number of hydrogen-bond acceptors (Lipinski definition) is 8. The Labute approximate surface area is 183 Å². The standard InChI is InChI=1S/C20H25FN8OS/c1-12-9-23-28(4)18(12)17-15(21)10-22-20(24-17)29-7-5-14(6-8-29)19(30)27(3)11-16-26-25-13(2)31-16/h9-10,14H,5-8,11H2,1-4H3. The topological polar surface area (TPSA) is 92.9 Å². The van der Waals surface area contributed by atoms with Crippen LogP contribution in [-0.4, -0.2) is 60.9 Å². The largest absolute Gasteiger partial charge is 0.341 e. The summed E-state index contributed by atoms with van der Waals surface area (Å²) < 4.78 is 16.1. The first-order valence-corrected chi connectivity index (χ1v) is 11.0. The zero-order valence-electron chi connectivity index (χ0n) is 18.0. The lowest BCUT2D eigenvalue weighted by Crippen LogP contribution is -2.41. The van der Waals surface area contributed by atoms with Crippen LogP contribution in [0.5, 0.6) is 0 Å². The third-order valence-electron chi connectivity index (χ3n) is 5.52. The van der Waals surface area contributed by atoms with E-state index in [0.29, 0.717) is 44.1 Å². The Hall–Kier alpha value is -2.95. The summed E-state index contributed by atoms with van der Waals surface area (Å²) in [5, 5.41) is 14.0. The Balaban J connectivity index is 1.42. The molecule has 1 aliphatic heterocycles. The molecule has 4 rings (SSSR count). The number of anilines is 1. The fourth-order valence-electron chi connectivity index (χ4n) is 3.88. The predicted molar refractivity (Wildman–Crippen MR) is 115 cm³/mol. The van der Waals surface area contributed by atoms with Gasteiger partial charge in [-0.1, -0.05) is 11.3 Å². The molecule has 0 saturated carbocycles. The molecule has 0 aliphatic carbocycles. The Bertz CT molecular complexity index is 1070. The highest BCUT2D eigenvalue weighted by Crippen LogP contribution is 2.27. The van der Waals surface area contributed by atoms with Crippen LogP contribution in [0.4, 0.5) is 10.3 Å². The van der Waals surface area contributed by atoms with Gasteiger partial charge < -0.3 is 9.80 Å². The zero-order valence-corrected chi connectivity index (χ0v) is 18.9. The molecule has 4 heterocycles. The number of rotatable bonds is 5. The second-order valence-electron chi connectivity index (χ2n) is 7.84. The molecule has 3 aromatic rings. The zero-order chi connectivity index (χ0) is 22.1. The van der Waals surface area contributed by atoms with Crippen LogP contribution in [0, 0.1) is 25.6 Å². The molecule has 9 nitrogen and oxygen atoms in total. The lowest BCUT2D eigenvalue weighted by Gasteiger charge is -2.33. The molecule has 0 spiro atoms. The number of nitrogens with zero attached hydrogens (tertiary/aromatic N) is 8. The summed E-state index contributed by atoms with van der Waals surface area (Å²) in [5.74, 6) is 0.0443. The molecule has 0 atom stereocenters. The highest BCUT2D eigenvalue weighted by Gasteiger charge is 2.29. The molecular formula is C20H25FN8OS. The number of carbonyl (C=O) groups is 1. The maximum Gasteiger partial charge on any atom is 0.226 e. The van der Waals surface area contributed by atoms with Crippen LogP contribution in [0.1, 0.15) is 28.4 Å². The van der Waals surface area contributed by atoms with Gasteiger partial charge in [-0.05, 0) is 32.3 Å². The van der Waals surface area contributed by atoms with Crippen molar-refractivity contribution in [3.05, 3.63) is 33.8 Å². The first-order valence-electron chi connectivity index (χ1n) is 10.1. The van der Waals surface area contributed by atoms with Gasteiger partial charge in [-0.2, -0.15) is 5.10 Å². The summed E-state index contributed by atoms with van der Waals surface area (Å²) in [6, 6.07) is 0. The van der Waals surface area contributed by atoms with Gasteiger partial charge in [0, 0.05) is 33.1 Å². The van der Waals surface area contributed by atoms with Crippen LogP contribution < -0.4 is 4.90 Å². The van der Waals surface area contributed by atoms with Gasteiger partial charge in [0.05, 0.1) is 24.6 Å². The van der Waals surface area contributed by atoms with Crippen LogP contribution in [0.3, 0.4) is 0 Å². The number of aryl methyl sites for hydroxylation is 3. The summed E-state index contributed by atoms with van der Waals surface area (Å²) in [6.07, 6.45) is 4.28. The first kappa shape index (κ1) is 21.3. The molecule has 0 aromatic carbocycles. The van der Waals surface area contributed by atoms with E-state index in [1.54, 1.807) is 29.9 Å². The van der Waals surface area contributed by atoms with E-state index in [0.717, 1.165) is 15.6 Å². The Kier molecular flexibility index (Phi) is 5.94. The van der Waals surface area contributed by atoms with Crippen molar-refractivity contribution in [1.82, 2.24) is 34.8 Å². The van der Waals surface area contributed by atoms with Gasteiger partial charge in [0.1, 0.15) is 15.7 Å². The quantitative estimate of drug-likeness (QED) is 0.596. The molecule has 3 aromatic heterocycles. The average molecular weight is 445 g/mol. The van der Waals surface area contributed by atoms with Crippen LogP contribution in [0.2, 0.25) is 0 Å². The SMILES string of the molecule is Cc1nnc(CN(C)C(=O)C2CCN(c3ncc(F)c(-c4c(C)cnn4C)n3)CC2)s1. The number of halogens is 1. The number of piperidine rings is 1. The second-order valence-corrected chi connectivity index (χ2v) is 9.10. The van der Waals surface area contributed by atoms with E-state index in [2.05, 4.69) is 25.3 Å². The van der Waals surface area contributed by atoms with Crippen molar-refractivity contribution in [2.75, 3.05) is 25.0 Å². The van der Waals surface area contributed by atoms with Crippen molar-refractivity contribution in [2.45, 2.75) is 33.2 Å². The van der Waals surface area contributed by atoms with Crippen LogP contribution in [-0.2, 0) is 18.4 Å². The molecule has 31 heavy (non-hydrogen) atoms. The molecule has 0 bridgehead atoms. The minimum Gasteiger partial charge on any atom is -0.341 e. The minimum atomic E-state index is -0.478. The maximum atomic E-state index is 14.5. The number of aromatic nitrogens is 6. The van der Waals surface area contributed by atoms with Gasteiger partial charge in [-0.3, -0.25) is 9.48 Å². The molecular weight excluding hydrogens is 419 g/mol. The molecule has 1 amide bonds. The maximum absolute atomic E-state index is 14.5. The normalized spacial score (nSPS) is 14.8. The molecule has 164 valence electrons. The van der Waals surface area contributed by atoms with E-state index >= 15 is 0 Å². The predicted octanol–water partition coefficient (Wildman–Crippen LogP) is 2.36. The van der Waals surface area contributed by atoms with E-state index in [1.165, 1.54) is 17.5 Å². The molecule has 11 heteroatoms. The van der Waals surface area contributed by atoms with E-state index in [4.69, 9.17) is 0 Å². The Morgan fingerprint density at radius 3 is 2.61 bits per heavy atom. The third kappa shape index (κ3) is 4.41. The molecule has 0 unspecified atom stereocenters. The summed E-state index contributed by atoms with van der Waals surface area (Å²) in [6.45, 7) is 5.52. The third-order valence-corrected chi connectivity index (χ3v) is 6.34. The van der Waals surface area contributed by atoms with E-state index in [9.17, 15) is 9.18 Å². The van der Waals surface area contributed by atoms with Gasteiger partial charge in [0.2, 0.25) is 11.9 Å². The molecule has 0 radical (unpaired) electrons. The summed E-state index contributed by atoms with van der Waals surface area (Å²) in [5.41, 5.74) is 1.73. The lowest BCUT2D eigenvalue weighted by molar-refractivity contribution is -0.135. The Morgan fingerprint density at radius 1 is 1.26 bits per heavy atom. The second kappa shape index (κ2) is 8.66. The van der Waals surface area contributed by atoms with Crippen LogP contribution >= 0.6 is 11.3 Å². The molecule has 1 fully saturated rings. The summed E-state index contributed by atoms with van der Waals surface area (Å²) >= 11 is 1.50. The van der Waals surface area contributed by atoms with Gasteiger partial charge in [0.15, 0.2) is 5.82 Å². The van der Waals surface area contributed by atoms with Gasteiger partial charge in [-0.25, -0.2) is 14.4 Å². The monoisotopic (exact) mass is 444 g/mol. The van der Waals surface area contributed by atoms with E-state index in [1.807, 2.05) is 18.7 Å². The van der Waals surface area contributed by atoms with Crippen molar-refractivity contribution >= 4 is 23.2 Å². The first-order chi connectivity index (χ1) is 14.8. The molecule has 1 saturated heterocycles. The fourth-order valence-corrected chi connectivity index (χ4v) is 4.65. The van der Waals surface area contributed by atoms with E-state index in [-0.39, 0.29) is 17.5 Å². The molecule has 0 N–H and O–H groups in total. The minimum absolute atomic E-state index is 0.0606. The summed E-state index contributed by atoms with van der Waals surface area (Å²) in [4.78, 5) is 25.3.